The molecule has 1 aliphatic rings. The molecule has 1 saturated carbocycles. The predicted octanol–water partition coefficient (Wildman–Crippen LogP) is 1.67. The average molecular weight is 468 g/mol. The maximum atomic E-state index is 12.9. The zero-order valence-electron chi connectivity index (χ0n) is 18.5. The van der Waals surface area contributed by atoms with Gasteiger partial charge in [0.05, 0.1) is 16.8 Å². The van der Waals surface area contributed by atoms with Crippen molar-refractivity contribution >= 4 is 23.6 Å². The first kappa shape index (κ1) is 23.0. The van der Waals surface area contributed by atoms with Crippen LogP contribution in [0.5, 0.6) is 0 Å². The number of carbonyl (C=O) groups excluding carboxylic acids is 1. The number of hydrazone groups is 1. The number of benzene rings is 1. The van der Waals surface area contributed by atoms with Crippen LogP contribution in [-0.4, -0.2) is 60.3 Å². The molecule has 0 spiro atoms. The van der Waals surface area contributed by atoms with E-state index in [1.165, 1.54) is 41.6 Å². The van der Waals surface area contributed by atoms with E-state index in [4.69, 9.17) is 5.73 Å². The van der Waals surface area contributed by atoms with E-state index in [9.17, 15) is 14.9 Å². The van der Waals surface area contributed by atoms with Crippen LogP contribution in [0.15, 0.2) is 34.0 Å². The van der Waals surface area contributed by atoms with Crippen LogP contribution >= 0.6 is 0 Å². The quantitative estimate of drug-likeness (QED) is 0.280. The average Bonchev–Trinajstić information content (AvgIpc) is 3.45. The summed E-state index contributed by atoms with van der Waals surface area (Å²) in [6.45, 7) is 0.374. The van der Waals surface area contributed by atoms with Gasteiger partial charge in [-0.1, -0.05) is 24.5 Å². The SMILES string of the molecule is CN(Cc1c(C(=O)N/N=C/c2ccc([N+](=O)[O-])cc2)nnn1-c1nonc1N)C1CCCCC1. The Kier molecular flexibility index (Phi) is 6.87. The molecule has 14 heteroatoms. The molecule has 1 aromatic carbocycles. The van der Waals surface area contributed by atoms with Gasteiger partial charge in [-0.2, -0.15) is 9.78 Å². The Morgan fingerprint density at radius 2 is 2.06 bits per heavy atom. The molecule has 0 atom stereocenters. The molecule has 178 valence electrons. The molecule has 0 aliphatic heterocycles. The maximum Gasteiger partial charge on any atom is 0.293 e. The van der Waals surface area contributed by atoms with Crippen LogP contribution in [0.25, 0.3) is 5.82 Å². The van der Waals surface area contributed by atoms with E-state index >= 15 is 0 Å². The number of nitrogens with one attached hydrogen (secondary N) is 1. The highest BCUT2D eigenvalue weighted by atomic mass is 16.6. The fourth-order valence-electron chi connectivity index (χ4n) is 3.92. The molecule has 0 saturated heterocycles. The second-order valence-electron chi connectivity index (χ2n) is 8.02. The van der Waals surface area contributed by atoms with Crippen LogP contribution in [0.4, 0.5) is 11.5 Å². The number of rotatable bonds is 8. The number of non-ortho nitro benzene ring substituents is 1. The van der Waals surface area contributed by atoms with E-state index in [0.717, 1.165) is 25.7 Å². The molecular formula is C20H24N10O4. The number of hydrogen-bond donors (Lipinski definition) is 2. The van der Waals surface area contributed by atoms with Crippen LogP contribution in [0.3, 0.4) is 0 Å². The third-order valence-corrected chi connectivity index (χ3v) is 5.76. The van der Waals surface area contributed by atoms with Gasteiger partial charge in [0.25, 0.3) is 11.6 Å². The molecule has 2 heterocycles. The number of nitrogens with zero attached hydrogens (tertiary/aromatic N) is 8. The number of aromatic nitrogens is 5. The predicted molar refractivity (Wildman–Crippen MR) is 120 cm³/mol. The normalized spacial score (nSPS) is 14.6. The van der Waals surface area contributed by atoms with E-state index in [1.807, 2.05) is 7.05 Å². The molecule has 1 aliphatic carbocycles. The Hall–Kier alpha value is -4.20. The zero-order chi connectivity index (χ0) is 24.1. The van der Waals surface area contributed by atoms with E-state index < -0.39 is 10.8 Å². The second-order valence-corrected chi connectivity index (χ2v) is 8.02. The van der Waals surface area contributed by atoms with Crippen molar-refractivity contribution in [3.05, 3.63) is 51.3 Å². The van der Waals surface area contributed by atoms with Crippen molar-refractivity contribution in [2.45, 2.75) is 44.7 Å². The van der Waals surface area contributed by atoms with Gasteiger partial charge in [-0.15, -0.1) is 5.10 Å². The van der Waals surface area contributed by atoms with Gasteiger partial charge in [-0.3, -0.25) is 19.8 Å². The molecule has 0 radical (unpaired) electrons. The maximum absolute atomic E-state index is 12.9. The number of anilines is 1. The first-order chi connectivity index (χ1) is 16.4. The van der Waals surface area contributed by atoms with E-state index in [2.05, 4.69) is 40.7 Å². The van der Waals surface area contributed by atoms with E-state index in [-0.39, 0.29) is 23.0 Å². The minimum atomic E-state index is -0.577. The summed E-state index contributed by atoms with van der Waals surface area (Å²) in [4.78, 5) is 25.3. The molecule has 1 amide bonds. The number of hydrogen-bond acceptors (Lipinski definition) is 11. The highest BCUT2D eigenvalue weighted by molar-refractivity contribution is 5.94. The van der Waals surface area contributed by atoms with Gasteiger partial charge in [0.1, 0.15) is 0 Å². The lowest BCUT2D eigenvalue weighted by Gasteiger charge is -2.31. The van der Waals surface area contributed by atoms with Gasteiger partial charge >= 0.3 is 0 Å². The topological polar surface area (TPSA) is 183 Å². The summed E-state index contributed by atoms with van der Waals surface area (Å²) in [6.07, 6.45) is 7.08. The largest absolute Gasteiger partial charge is 0.378 e. The Bertz CT molecular complexity index is 1180. The van der Waals surface area contributed by atoms with E-state index in [0.29, 0.717) is 23.8 Å². The van der Waals surface area contributed by atoms with Crippen molar-refractivity contribution in [3.8, 4) is 5.82 Å². The lowest BCUT2D eigenvalue weighted by Crippen LogP contribution is -2.34. The standard InChI is InChI=1S/C20H24N10O4/c1-28(14-5-3-2-4-6-14)12-16-17(23-27-29(16)19-18(21)25-34-26-19)20(31)24-22-11-13-7-9-15(10-8-13)30(32)33/h7-11,14H,2-6,12H2,1H3,(H2,21,25)(H,24,31)/b22-11+. The van der Waals surface area contributed by atoms with Crippen LogP contribution in [0.2, 0.25) is 0 Å². The molecule has 3 N–H and O–H groups in total. The van der Waals surface area contributed by atoms with Gasteiger partial charge < -0.3 is 5.73 Å². The van der Waals surface area contributed by atoms with Crippen LogP contribution in [0.1, 0.15) is 53.8 Å². The Balaban J connectivity index is 1.54. The summed E-state index contributed by atoms with van der Waals surface area (Å²) < 4.78 is 6.04. The molecule has 34 heavy (non-hydrogen) atoms. The minimum absolute atomic E-state index is 0.0228. The van der Waals surface area contributed by atoms with Crippen molar-refractivity contribution in [1.82, 2.24) is 35.6 Å². The van der Waals surface area contributed by atoms with Crippen LogP contribution < -0.4 is 11.2 Å². The Labute approximate surface area is 193 Å². The summed E-state index contributed by atoms with van der Waals surface area (Å²) in [5.41, 5.74) is 9.33. The van der Waals surface area contributed by atoms with Crippen molar-refractivity contribution in [1.29, 1.82) is 0 Å². The number of carbonyl (C=O) groups is 1. The fraction of sp³-hybridized carbons (Fsp3) is 0.400. The summed E-state index contributed by atoms with van der Waals surface area (Å²) in [7, 11) is 1.99. The van der Waals surface area contributed by atoms with E-state index in [1.54, 1.807) is 0 Å². The molecule has 0 unspecified atom stereocenters. The Morgan fingerprint density at radius 1 is 1.32 bits per heavy atom. The molecule has 4 rings (SSSR count). The second kappa shape index (κ2) is 10.2. The van der Waals surface area contributed by atoms with Crippen LogP contribution in [0, 0.1) is 10.1 Å². The van der Waals surface area contributed by atoms with Crippen molar-refractivity contribution in [2.24, 2.45) is 5.10 Å². The molecule has 3 aromatic rings. The third-order valence-electron chi connectivity index (χ3n) is 5.76. The molecule has 1 fully saturated rings. The van der Waals surface area contributed by atoms with Crippen molar-refractivity contribution in [2.75, 3.05) is 12.8 Å². The summed E-state index contributed by atoms with van der Waals surface area (Å²) in [5, 5.41) is 30.1. The smallest absolute Gasteiger partial charge is 0.293 e. The molecular weight excluding hydrogens is 444 g/mol. The van der Waals surface area contributed by atoms with Gasteiger partial charge in [0.2, 0.25) is 11.6 Å². The lowest BCUT2D eigenvalue weighted by atomic mass is 9.94. The lowest BCUT2D eigenvalue weighted by molar-refractivity contribution is -0.384. The van der Waals surface area contributed by atoms with Gasteiger partial charge in [0.15, 0.2) is 5.69 Å². The summed E-state index contributed by atoms with van der Waals surface area (Å²) in [5.74, 6) is -0.408. The first-order valence-electron chi connectivity index (χ1n) is 10.7. The molecule has 2 aromatic heterocycles. The number of nitro groups is 1. The zero-order valence-corrected chi connectivity index (χ0v) is 18.5. The minimum Gasteiger partial charge on any atom is -0.378 e. The highest BCUT2D eigenvalue weighted by Crippen LogP contribution is 2.24. The fourth-order valence-corrected chi connectivity index (χ4v) is 3.92. The molecule has 14 nitrogen and oxygen atoms in total. The van der Waals surface area contributed by atoms with Crippen molar-refractivity contribution in [3.63, 3.8) is 0 Å². The van der Waals surface area contributed by atoms with Gasteiger partial charge in [0, 0.05) is 24.7 Å². The monoisotopic (exact) mass is 468 g/mol. The Morgan fingerprint density at radius 3 is 2.71 bits per heavy atom. The molecule has 0 bridgehead atoms. The number of nitrogen functional groups attached to an aromatic ring is 1. The first-order valence-corrected chi connectivity index (χ1v) is 10.7. The van der Waals surface area contributed by atoms with Gasteiger partial charge in [-0.25, -0.2) is 10.1 Å². The number of nitro benzene ring substituents is 1. The summed E-state index contributed by atoms with van der Waals surface area (Å²) in [6, 6.07) is 6.12. The third kappa shape index (κ3) is 5.06. The highest BCUT2D eigenvalue weighted by Gasteiger charge is 2.27. The number of nitrogens with two attached hydrogens (primary N) is 1. The summed E-state index contributed by atoms with van der Waals surface area (Å²) >= 11 is 0. The number of amides is 1. The van der Waals surface area contributed by atoms with Gasteiger partial charge in [-0.05, 0) is 47.9 Å². The van der Waals surface area contributed by atoms with Crippen LogP contribution in [-0.2, 0) is 6.54 Å². The van der Waals surface area contributed by atoms with Crippen molar-refractivity contribution < 1.29 is 14.3 Å².